The summed E-state index contributed by atoms with van der Waals surface area (Å²) in [6, 6.07) is 26.8. The van der Waals surface area contributed by atoms with Crippen molar-refractivity contribution in [1.29, 1.82) is 0 Å². The van der Waals surface area contributed by atoms with Gasteiger partial charge < -0.3 is 0 Å². The van der Waals surface area contributed by atoms with E-state index in [4.69, 9.17) is 0 Å². The second-order valence-corrected chi connectivity index (χ2v) is 11.8. The van der Waals surface area contributed by atoms with Gasteiger partial charge in [0.05, 0.1) is 0 Å². The number of benzene rings is 4. The van der Waals surface area contributed by atoms with Crippen LogP contribution in [0.4, 0.5) is 0 Å². The topological polar surface area (TPSA) is 0 Å². The van der Waals surface area contributed by atoms with E-state index < -0.39 is 0 Å². The van der Waals surface area contributed by atoms with Crippen LogP contribution >= 0.6 is 11.8 Å². The van der Waals surface area contributed by atoms with Crippen molar-refractivity contribution < 1.29 is 0 Å². The highest BCUT2D eigenvalue weighted by Gasteiger charge is 2.25. The Labute approximate surface area is 241 Å². The zero-order chi connectivity index (χ0) is 26.9. The lowest BCUT2D eigenvalue weighted by Gasteiger charge is -2.26. The minimum atomic E-state index is 0.933. The van der Waals surface area contributed by atoms with Crippen LogP contribution in [0.2, 0.25) is 0 Å². The van der Waals surface area contributed by atoms with Gasteiger partial charge in [-0.1, -0.05) is 134 Å². The number of thioether (sulfide) groups is 1. The van der Waals surface area contributed by atoms with Gasteiger partial charge in [0.15, 0.2) is 0 Å². The Morgan fingerprint density at radius 1 is 0.650 bits per heavy atom. The molecule has 0 aromatic heterocycles. The first-order chi connectivity index (χ1) is 19.8. The lowest BCUT2D eigenvalue weighted by molar-refractivity contribution is 0.985. The Kier molecular flexibility index (Phi) is 6.75. The fourth-order valence-corrected chi connectivity index (χ4v) is 7.40. The van der Waals surface area contributed by atoms with Gasteiger partial charge in [-0.2, -0.15) is 0 Å². The van der Waals surface area contributed by atoms with Crippen LogP contribution in [0.15, 0.2) is 132 Å². The summed E-state index contributed by atoms with van der Waals surface area (Å²) in [5.74, 6) is 0. The molecule has 1 aliphatic heterocycles. The fourth-order valence-electron chi connectivity index (χ4n) is 6.43. The molecule has 0 saturated carbocycles. The summed E-state index contributed by atoms with van der Waals surface area (Å²) in [7, 11) is 0. The van der Waals surface area contributed by atoms with Crippen molar-refractivity contribution in [3.63, 3.8) is 0 Å². The highest BCUT2D eigenvalue weighted by atomic mass is 32.2. The van der Waals surface area contributed by atoms with E-state index >= 15 is 0 Å². The van der Waals surface area contributed by atoms with E-state index in [0.29, 0.717) is 0 Å². The van der Waals surface area contributed by atoms with Crippen LogP contribution in [0.1, 0.15) is 47.1 Å². The molecule has 0 spiro atoms. The third-order valence-electron chi connectivity index (χ3n) is 8.28. The van der Waals surface area contributed by atoms with Crippen molar-refractivity contribution in [1.82, 2.24) is 0 Å². The molecule has 0 bridgehead atoms. The summed E-state index contributed by atoms with van der Waals surface area (Å²) in [6.07, 6.45) is 23.5. The number of rotatable bonds is 3. The van der Waals surface area contributed by atoms with Gasteiger partial charge in [0, 0.05) is 9.80 Å². The standard InChI is InChI=1S/C39H32S/c1-27-30(19-7-5-17-29-18-6-14-26-37(29)40-27)38-33-22-10-12-24-35(33)39(36-25-13-11-23-34(36)38)32-21-9-8-20-31(32)28-15-3-2-4-16-28/h2-3,5-10,12-15,18-22,24-26H,1,4,11,16-17,23H2/b7-5-,30-19?. The minimum absolute atomic E-state index is 0.933. The third-order valence-corrected chi connectivity index (χ3v) is 9.36. The molecule has 3 aliphatic rings. The van der Waals surface area contributed by atoms with Crippen LogP contribution in [-0.2, 0) is 12.8 Å². The molecule has 0 N–H and O–H groups in total. The molecular weight excluding hydrogens is 500 g/mol. The first kappa shape index (κ1) is 24.9. The molecule has 194 valence electrons. The second-order valence-electron chi connectivity index (χ2n) is 10.7. The summed E-state index contributed by atoms with van der Waals surface area (Å²) < 4.78 is 0. The molecule has 7 rings (SSSR count). The monoisotopic (exact) mass is 532 g/mol. The molecule has 4 aromatic rings. The first-order valence-electron chi connectivity index (χ1n) is 14.3. The number of allylic oxidation sites excluding steroid dienone is 9. The Morgan fingerprint density at radius 3 is 2.23 bits per heavy atom. The zero-order valence-corrected chi connectivity index (χ0v) is 23.5. The quantitative estimate of drug-likeness (QED) is 0.253. The van der Waals surface area contributed by atoms with Crippen LogP contribution in [0, 0.1) is 0 Å². The summed E-state index contributed by atoms with van der Waals surface area (Å²) in [4.78, 5) is 2.40. The Morgan fingerprint density at radius 2 is 1.38 bits per heavy atom. The summed E-state index contributed by atoms with van der Waals surface area (Å²) in [5, 5.41) is 2.62. The maximum atomic E-state index is 4.65. The van der Waals surface area contributed by atoms with E-state index in [1.807, 2.05) is 11.8 Å². The largest absolute Gasteiger partial charge is 0.0898 e. The summed E-state index contributed by atoms with van der Waals surface area (Å²) >= 11 is 1.81. The molecule has 0 fully saturated rings. The van der Waals surface area contributed by atoms with Gasteiger partial charge in [-0.3, -0.25) is 0 Å². The van der Waals surface area contributed by atoms with Crippen LogP contribution in [0.25, 0.3) is 39.1 Å². The lowest BCUT2D eigenvalue weighted by Crippen LogP contribution is -2.06. The molecule has 0 radical (unpaired) electrons. The van der Waals surface area contributed by atoms with Gasteiger partial charge in [0.2, 0.25) is 0 Å². The Balaban J connectivity index is 1.49. The molecule has 40 heavy (non-hydrogen) atoms. The van der Waals surface area contributed by atoms with Crippen molar-refractivity contribution in [2.75, 3.05) is 0 Å². The van der Waals surface area contributed by atoms with E-state index in [1.54, 1.807) is 0 Å². The molecule has 4 aromatic carbocycles. The van der Waals surface area contributed by atoms with Gasteiger partial charge in [0.25, 0.3) is 0 Å². The normalized spacial score (nSPS) is 17.2. The van der Waals surface area contributed by atoms with Crippen molar-refractivity contribution in [2.24, 2.45) is 0 Å². The fraction of sp³-hybridized carbons (Fsp3) is 0.128. The first-order valence-corrected chi connectivity index (χ1v) is 15.1. The third kappa shape index (κ3) is 4.45. The van der Waals surface area contributed by atoms with Crippen LogP contribution < -0.4 is 0 Å². The molecule has 1 heteroatoms. The molecule has 0 amide bonds. The summed E-state index contributed by atoms with van der Waals surface area (Å²) in [5.41, 5.74) is 12.2. The molecule has 0 nitrogen and oxygen atoms in total. The average molecular weight is 533 g/mol. The zero-order valence-electron chi connectivity index (χ0n) is 22.7. The predicted molar refractivity (Wildman–Crippen MR) is 175 cm³/mol. The highest BCUT2D eigenvalue weighted by Crippen LogP contribution is 2.48. The van der Waals surface area contributed by atoms with Gasteiger partial charge in [-0.15, -0.1) is 0 Å². The van der Waals surface area contributed by atoms with Crippen molar-refractivity contribution in [3.8, 4) is 11.1 Å². The van der Waals surface area contributed by atoms with E-state index in [9.17, 15) is 0 Å². The van der Waals surface area contributed by atoms with Gasteiger partial charge >= 0.3 is 0 Å². The van der Waals surface area contributed by atoms with Gasteiger partial charge in [0.1, 0.15) is 0 Å². The smallest absolute Gasteiger partial charge is 0.0157 e. The molecule has 0 saturated heterocycles. The second kappa shape index (κ2) is 10.8. The summed E-state index contributed by atoms with van der Waals surface area (Å²) in [6.45, 7) is 4.65. The maximum Gasteiger partial charge on any atom is 0.0157 e. The average Bonchev–Trinajstić information content (AvgIpc) is 3.09. The molecule has 2 aliphatic carbocycles. The van der Waals surface area contributed by atoms with Crippen molar-refractivity contribution in [3.05, 3.63) is 155 Å². The van der Waals surface area contributed by atoms with Gasteiger partial charge in [-0.05, 0) is 99.0 Å². The van der Waals surface area contributed by atoms with Crippen molar-refractivity contribution >= 4 is 39.8 Å². The highest BCUT2D eigenvalue weighted by molar-refractivity contribution is 8.03. The predicted octanol–water partition coefficient (Wildman–Crippen LogP) is 11.0. The number of hydrogen-bond acceptors (Lipinski definition) is 1. The van der Waals surface area contributed by atoms with E-state index in [2.05, 4.69) is 128 Å². The molecule has 0 atom stereocenters. The van der Waals surface area contributed by atoms with Gasteiger partial charge in [-0.25, -0.2) is 0 Å². The SMILES string of the molecule is C=C1Sc2ccccc2C/C=C\C=C1c1c2c(c(-c3ccccc3C3=CC=CCC3)c3ccccc13)C=CCC2. The van der Waals surface area contributed by atoms with Crippen LogP contribution in [-0.4, -0.2) is 0 Å². The molecule has 1 heterocycles. The maximum absolute atomic E-state index is 4.65. The number of fused-ring (bicyclic) bond motifs is 3. The van der Waals surface area contributed by atoms with Crippen molar-refractivity contribution in [2.45, 2.75) is 37.0 Å². The Bertz CT molecular complexity index is 1800. The number of hydrogen-bond donors (Lipinski definition) is 0. The minimum Gasteiger partial charge on any atom is -0.0898 e. The molecule has 0 unspecified atom stereocenters. The van der Waals surface area contributed by atoms with Crippen LogP contribution in [0.3, 0.4) is 0 Å². The van der Waals surface area contributed by atoms with E-state index in [0.717, 1.165) is 37.0 Å². The molecular formula is C39H32S. The van der Waals surface area contributed by atoms with E-state index in [-0.39, 0.29) is 0 Å². The van der Waals surface area contributed by atoms with Crippen LogP contribution in [0.5, 0.6) is 0 Å². The Hall–Kier alpha value is -4.07. The van der Waals surface area contributed by atoms with E-state index in [1.165, 1.54) is 65.8 Å². The lowest BCUT2D eigenvalue weighted by atomic mass is 9.78.